The monoisotopic (exact) mass is 360 g/mol. The van der Waals surface area contributed by atoms with Gasteiger partial charge in [-0.1, -0.05) is 11.6 Å². The van der Waals surface area contributed by atoms with Crippen LogP contribution >= 0.6 is 22.9 Å². The molecule has 1 aliphatic carbocycles. The summed E-state index contributed by atoms with van der Waals surface area (Å²) in [6, 6.07) is 3.04. The second-order valence-electron chi connectivity index (χ2n) is 5.32. The molecule has 1 saturated carbocycles. The molecule has 0 spiro atoms. The van der Waals surface area contributed by atoms with E-state index in [0.717, 1.165) is 34.9 Å². The number of aromatic nitrogens is 1. The van der Waals surface area contributed by atoms with Gasteiger partial charge in [0.2, 0.25) is 10.0 Å². The Hall–Kier alpha value is -1.02. The van der Waals surface area contributed by atoms with Gasteiger partial charge in [-0.3, -0.25) is 0 Å². The summed E-state index contributed by atoms with van der Waals surface area (Å²) >= 11 is 7.16. The van der Waals surface area contributed by atoms with Crippen molar-refractivity contribution in [2.75, 3.05) is 0 Å². The Bertz CT molecular complexity index is 803. The minimum atomic E-state index is -3.78. The molecule has 1 aliphatic rings. The van der Waals surface area contributed by atoms with Crippen LogP contribution in [0.3, 0.4) is 0 Å². The van der Waals surface area contributed by atoms with E-state index in [1.807, 2.05) is 6.92 Å². The molecule has 1 aromatic heterocycles. The van der Waals surface area contributed by atoms with E-state index in [2.05, 4.69) is 9.71 Å². The van der Waals surface area contributed by atoms with E-state index in [-0.39, 0.29) is 21.9 Å². The van der Waals surface area contributed by atoms with Crippen molar-refractivity contribution in [1.29, 1.82) is 0 Å². The number of rotatable bonds is 5. The summed E-state index contributed by atoms with van der Waals surface area (Å²) in [5, 5.41) is 0.549. The molecule has 1 fully saturated rings. The fourth-order valence-corrected chi connectivity index (χ4v) is 4.71. The molecular formula is C14H14ClFN2O2S2. The Morgan fingerprint density at radius 3 is 2.73 bits per heavy atom. The third kappa shape index (κ3) is 3.32. The van der Waals surface area contributed by atoms with E-state index in [0.29, 0.717) is 0 Å². The van der Waals surface area contributed by atoms with Crippen LogP contribution in [0.1, 0.15) is 28.8 Å². The van der Waals surface area contributed by atoms with Gasteiger partial charge in [0.15, 0.2) is 0 Å². The summed E-state index contributed by atoms with van der Waals surface area (Å²) in [4.78, 5) is 5.28. The lowest BCUT2D eigenvalue weighted by Crippen LogP contribution is -2.30. The van der Waals surface area contributed by atoms with Crippen molar-refractivity contribution in [2.24, 2.45) is 5.92 Å². The quantitative estimate of drug-likeness (QED) is 0.884. The van der Waals surface area contributed by atoms with Crippen molar-refractivity contribution in [3.05, 3.63) is 45.1 Å². The Morgan fingerprint density at radius 2 is 2.18 bits per heavy atom. The second-order valence-corrected chi connectivity index (χ2v) is 8.71. The number of aryl methyl sites for hydroxylation is 1. The average Bonchev–Trinajstić information content (AvgIpc) is 3.21. The zero-order valence-corrected chi connectivity index (χ0v) is 14.1. The molecule has 3 rings (SSSR count). The van der Waals surface area contributed by atoms with Gasteiger partial charge < -0.3 is 0 Å². The third-order valence-electron chi connectivity index (χ3n) is 3.48. The fourth-order valence-electron chi connectivity index (χ4n) is 2.17. The Morgan fingerprint density at radius 1 is 1.45 bits per heavy atom. The number of thiazole rings is 1. The van der Waals surface area contributed by atoms with Crippen molar-refractivity contribution in [2.45, 2.75) is 30.7 Å². The highest BCUT2D eigenvalue weighted by Gasteiger charge is 2.37. The van der Waals surface area contributed by atoms with Gasteiger partial charge in [-0.25, -0.2) is 22.5 Å². The van der Waals surface area contributed by atoms with E-state index in [9.17, 15) is 12.8 Å². The van der Waals surface area contributed by atoms with Gasteiger partial charge in [0, 0.05) is 11.1 Å². The van der Waals surface area contributed by atoms with Gasteiger partial charge in [-0.05, 0) is 43.9 Å². The molecule has 0 unspecified atom stereocenters. The topological polar surface area (TPSA) is 59.1 Å². The summed E-state index contributed by atoms with van der Waals surface area (Å²) in [5.74, 6) is -0.383. The predicted octanol–water partition coefficient (Wildman–Crippen LogP) is 3.67. The molecule has 2 aromatic rings. The summed E-state index contributed by atoms with van der Waals surface area (Å²) in [5.41, 5.74) is 0. The maximum absolute atomic E-state index is 13.2. The van der Waals surface area contributed by atoms with E-state index in [1.165, 1.54) is 17.4 Å². The van der Waals surface area contributed by atoms with E-state index < -0.39 is 15.8 Å². The van der Waals surface area contributed by atoms with Crippen molar-refractivity contribution in [3.63, 3.8) is 0 Å². The predicted molar refractivity (Wildman–Crippen MR) is 84.0 cm³/mol. The standard InChI is InChI=1S/C14H14ClFN2O2S2/c1-8-7-17-14(21-8)13(9-2-3-9)18-22(19,20)10-4-5-12(16)11(15)6-10/h4-7,9,13,18H,2-3H2,1H3/t13-/m0/s1. The molecule has 1 atom stereocenters. The maximum atomic E-state index is 13.2. The van der Waals surface area contributed by atoms with Crippen molar-refractivity contribution >= 4 is 33.0 Å². The van der Waals surface area contributed by atoms with Crippen LogP contribution in [0.25, 0.3) is 0 Å². The smallest absolute Gasteiger partial charge is 0.241 e. The van der Waals surface area contributed by atoms with Crippen molar-refractivity contribution in [1.82, 2.24) is 9.71 Å². The summed E-state index contributed by atoms with van der Waals surface area (Å²) in [6.07, 6.45) is 3.67. The number of nitrogens with zero attached hydrogens (tertiary/aromatic N) is 1. The molecule has 0 radical (unpaired) electrons. The first kappa shape index (κ1) is 15.9. The SMILES string of the molecule is Cc1cnc([C@@H](NS(=O)(=O)c2ccc(F)c(Cl)c2)C2CC2)s1. The molecule has 1 aromatic carbocycles. The lowest BCUT2D eigenvalue weighted by molar-refractivity contribution is 0.527. The zero-order chi connectivity index (χ0) is 15.9. The summed E-state index contributed by atoms with van der Waals surface area (Å²) < 4.78 is 40.9. The molecule has 0 amide bonds. The summed E-state index contributed by atoms with van der Waals surface area (Å²) in [7, 11) is -3.78. The molecule has 118 valence electrons. The number of nitrogens with one attached hydrogen (secondary N) is 1. The zero-order valence-electron chi connectivity index (χ0n) is 11.7. The molecule has 0 aliphatic heterocycles. The lowest BCUT2D eigenvalue weighted by Gasteiger charge is -2.16. The normalized spacial score (nSPS) is 16.7. The van der Waals surface area contributed by atoms with E-state index in [1.54, 1.807) is 6.20 Å². The van der Waals surface area contributed by atoms with Crippen molar-refractivity contribution in [3.8, 4) is 0 Å². The van der Waals surface area contributed by atoms with Gasteiger partial charge in [-0.2, -0.15) is 0 Å². The van der Waals surface area contributed by atoms with Crippen LogP contribution < -0.4 is 4.72 Å². The number of hydrogen-bond donors (Lipinski definition) is 1. The van der Waals surface area contributed by atoms with Gasteiger partial charge >= 0.3 is 0 Å². The minimum Gasteiger partial charge on any atom is -0.248 e. The van der Waals surface area contributed by atoms with E-state index in [4.69, 9.17) is 11.6 Å². The van der Waals surface area contributed by atoms with Crippen LogP contribution in [-0.4, -0.2) is 13.4 Å². The Kier molecular flexibility index (Phi) is 4.24. The Balaban J connectivity index is 1.89. The molecular weight excluding hydrogens is 347 g/mol. The number of sulfonamides is 1. The second kappa shape index (κ2) is 5.88. The van der Waals surface area contributed by atoms with Gasteiger partial charge in [0.25, 0.3) is 0 Å². The lowest BCUT2D eigenvalue weighted by atomic mass is 10.2. The van der Waals surface area contributed by atoms with Crippen molar-refractivity contribution < 1.29 is 12.8 Å². The minimum absolute atomic E-state index is 0.0437. The van der Waals surface area contributed by atoms with E-state index >= 15 is 0 Å². The fraction of sp³-hybridized carbons (Fsp3) is 0.357. The van der Waals surface area contributed by atoms with Crippen LogP contribution in [0.2, 0.25) is 5.02 Å². The number of hydrogen-bond acceptors (Lipinski definition) is 4. The number of halogens is 2. The highest BCUT2D eigenvalue weighted by molar-refractivity contribution is 7.89. The maximum Gasteiger partial charge on any atom is 0.241 e. The molecule has 0 saturated heterocycles. The van der Waals surface area contributed by atoms with Crippen LogP contribution in [0.5, 0.6) is 0 Å². The van der Waals surface area contributed by atoms with Gasteiger partial charge in [0.1, 0.15) is 10.8 Å². The summed E-state index contributed by atoms with van der Waals surface area (Å²) in [6.45, 7) is 1.93. The first-order valence-electron chi connectivity index (χ1n) is 6.76. The highest BCUT2D eigenvalue weighted by Crippen LogP contribution is 2.42. The number of benzene rings is 1. The largest absolute Gasteiger partial charge is 0.248 e. The highest BCUT2D eigenvalue weighted by atomic mass is 35.5. The van der Waals surface area contributed by atoms with Gasteiger partial charge in [-0.15, -0.1) is 11.3 Å². The van der Waals surface area contributed by atoms with Crippen LogP contribution in [0.4, 0.5) is 4.39 Å². The van der Waals surface area contributed by atoms with Crippen LogP contribution in [0, 0.1) is 18.7 Å². The Labute approximate surface area is 137 Å². The van der Waals surface area contributed by atoms with Gasteiger partial charge in [0.05, 0.1) is 16.0 Å². The van der Waals surface area contributed by atoms with Crippen LogP contribution in [-0.2, 0) is 10.0 Å². The molecule has 22 heavy (non-hydrogen) atoms. The first-order valence-corrected chi connectivity index (χ1v) is 9.44. The molecule has 4 nitrogen and oxygen atoms in total. The molecule has 8 heteroatoms. The molecule has 0 bridgehead atoms. The molecule has 1 N–H and O–H groups in total. The third-order valence-corrected chi connectivity index (χ3v) is 6.21. The molecule has 1 heterocycles. The average molecular weight is 361 g/mol. The first-order chi connectivity index (χ1) is 10.4. The van der Waals surface area contributed by atoms with Crippen LogP contribution in [0.15, 0.2) is 29.3 Å².